The molecule has 0 spiro atoms. The van der Waals surface area contributed by atoms with Crippen LogP contribution in [0, 0.1) is 0 Å². The molecule has 0 aliphatic carbocycles. The number of anilines is 1. The minimum Gasteiger partial charge on any atom is -0.481 e. The number of hydrogen-bond acceptors (Lipinski definition) is 6. The molecule has 1 aliphatic rings. The Balaban J connectivity index is 2.30. The molecular formula is C11H18N4O2. The predicted molar refractivity (Wildman–Crippen MR) is 64.6 cm³/mol. The van der Waals surface area contributed by atoms with E-state index in [1.807, 2.05) is 0 Å². The van der Waals surface area contributed by atoms with Crippen LogP contribution in [-0.2, 0) is 0 Å². The van der Waals surface area contributed by atoms with Crippen molar-refractivity contribution in [3.05, 3.63) is 6.07 Å². The molecule has 1 aromatic rings. The Hall–Kier alpha value is -1.56. The summed E-state index contributed by atoms with van der Waals surface area (Å²) in [5, 5.41) is 0. The fraction of sp³-hybridized carbons (Fsp3) is 0.636. The monoisotopic (exact) mass is 238 g/mol. The highest BCUT2D eigenvalue weighted by Gasteiger charge is 2.26. The van der Waals surface area contributed by atoms with Crippen LogP contribution in [0.25, 0.3) is 0 Å². The first-order valence-corrected chi connectivity index (χ1v) is 5.72. The van der Waals surface area contributed by atoms with Crippen molar-refractivity contribution < 1.29 is 9.47 Å². The van der Waals surface area contributed by atoms with Gasteiger partial charge < -0.3 is 20.1 Å². The second-order valence-corrected chi connectivity index (χ2v) is 3.98. The van der Waals surface area contributed by atoms with Gasteiger partial charge in [0.15, 0.2) is 0 Å². The second kappa shape index (κ2) is 5.18. The Morgan fingerprint density at radius 1 is 1.35 bits per heavy atom. The fourth-order valence-corrected chi connectivity index (χ4v) is 2.07. The Morgan fingerprint density at radius 2 is 2.00 bits per heavy atom. The van der Waals surface area contributed by atoms with Gasteiger partial charge in [-0.1, -0.05) is 0 Å². The van der Waals surface area contributed by atoms with E-state index in [0.717, 1.165) is 19.4 Å². The van der Waals surface area contributed by atoms with E-state index in [0.29, 0.717) is 30.3 Å². The highest BCUT2D eigenvalue weighted by atomic mass is 16.5. The van der Waals surface area contributed by atoms with Gasteiger partial charge in [0.1, 0.15) is 0 Å². The third kappa shape index (κ3) is 2.41. The van der Waals surface area contributed by atoms with Gasteiger partial charge >= 0.3 is 0 Å². The number of methoxy groups -OCH3 is 2. The number of aromatic nitrogens is 2. The average molecular weight is 238 g/mol. The molecule has 6 heteroatoms. The molecular weight excluding hydrogens is 220 g/mol. The van der Waals surface area contributed by atoms with E-state index in [2.05, 4.69) is 14.9 Å². The number of rotatable bonds is 4. The van der Waals surface area contributed by atoms with Crippen molar-refractivity contribution in [1.29, 1.82) is 0 Å². The maximum absolute atomic E-state index is 5.74. The molecule has 94 valence electrons. The average Bonchev–Trinajstić information content (AvgIpc) is 2.86. The highest BCUT2D eigenvalue weighted by Crippen LogP contribution is 2.26. The summed E-state index contributed by atoms with van der Waals surface area (Å²) in [5.74, 6) is 1.65. The van der Waals surface area contributed by atoms with Gasteiger partial charge in [-0.25, -0.2) is 0 Å². The predicted octanol–water partition coefficient (Wildman–Crippen LogP) is 0.421. The van der Waals surface area contributed by atoms with E-state index in [9.17, 15) is 0 Å². The van der Waals surface area contributed by atoms with Gasteiger partial charge in [0.05, 0.1) is 20.3 Å². The molecule has 0 amide bonds. The quantitative estimate of drug-likeness (QED) is 0.819. The highest BCUT2D eigenvalue weighted by molar-refractivity contribution is 5.39. The lowest BCUT2D eigenvalue weighted by atomic mass is 10.2. The van der Waals surface area contributed by atoms with E-state index in [4.69, 9.17) is 15.2 Å². The molecule has 0 aromatic carbocycles. The van der Waals surface area contributed by atoms with Crippen LogP contribution in [0.3, 0.4) is 0 Å². The molecule has 0 bridgehead atoms. The van der Waals surface area contributed by atoms with Gasteiger partial charge in [0.2, 0.25) is 17.7 Å². The molecule has 1 fully saturated rings. The van der Waals surface area contributed by atoms with Gasteiger partial charge in [0.25, 0.3) is 0 Å². The van der Waals surface area contributed by atoms with Crippen molar-refractivity contribution >= 4 is 5.95 Å². The van der Waals surface area contributed by atoms with Crippen molar-refractivity contribution in [3.8, 4) is 11.8 Å². The molecule has 0 radical (unpaired) electrons. The molecule has 6 nitrogen and oxygen atoms in total. The van der Waals surface area contributed by atoms with Crippen LogP contribution >= 0.6 is 0 Å². The molecule has 1 atom stereocenters. The van der Waals surface area contributed by atoms with Gasteiger partial charge in [-0.05, 0) is 12.8 Å². The third-order valence-corrected chi connectivity index (χ3v) is 2.99. The number of ether oxygens (including phenoxy) is 2. The van der Waals surface area contributed by atoms with E-state index in [1.165, 1.54) is 0 Å². The Morgan fingerprint density at radius 3 is 2.53 bits per heavy atom. The van der Waals surface area contributed by atoms with Crippen LogP contribution in [-0.4, -0.2) is 43.3 Å². The van der Waals surface area contributed by atoms with Gasteiger partial charge in [-0.3, -0.25) is 0 Å². The molecule has 1 aliphatic heterocycles. The zero-order valence-electron chi connectivity index (χ0n) is 10.2. The molecule has 1 unspecified atom stereocenters. The van der Waals surface area contributed by atoms with Crippen molar-refractivity contribution in [1.82, 2.24) is 9.97 Å². The normalized spacial score (nSPS) is 19.5. The molecule has 2 heterocycles. The maximum Gasteiger partial charge on any atom is 0.232 e. The summed E-state index contributed by atoms with van der Waals surface area (Å²) in [4.78, 5) is 10.8. The molecule has 2 N–H and O–H groups in total. The summed E-state index contributed by atoms with van der Waals surface area (Å²) in [7, 11) is 3.16. The minimum atomic E-state index is 0.312. The first-order chi connectivity index (χ1) is 8.28. The Kier molecular flexibility index (Phi) is 3.63. The molecule has 1 aromatic heterocycles. The standard InChI is InChI=1S/C11H18N4O2/c1-16-9-6-10(17-2)14-11(13-9)15-5-3-4-8(15)7-12/h6,8H,3-5,7,12H2,1-2H3. The summed E-state index contributed by atoms with van der Waals surface area (Å²) in [6, 6.07) is 1.98. The SMILES string of the molecule is COc1cc(OC)nc(N2CCCC2CN)n1. The van der Waals surface area contributed by atoms with Crippen LogP contribution in [0.4, 0.5) is 5.95 Å². The van der Waals surface area contributed by atoms with Gasteiger partial charge in [-0.2, -0.15) is 9.97 Å². The van der Waals surface area contributed by atoms with Crippen LogP contribution in [0.5, 0.6) is 11.8 Å². The third-order valence-electron chi connectivity index (χ3n) is 2.99. The summed E-state index contributed by atoms with van der Waals surface area (Å²) >= 11 is 0. The number of nitrogens with zero attached hydrogens (tertiary/aromatic N) is 3. The molecule has 1 saturated heterocycles. The number of hydrogen-bond donors (Lipinski definition) is 1. The summed E-state index contributed by atoms with van der Waals surface area (Å²) < 4.78 is 10.3. The lowest BCUT2D eigenvalue weighted by Crippen LogP contribution is -2.36. The zero-order chi connectivity index (χ0) is 12.3. The largest absolute Gasteiger partial charge is 0.481 e. The summed E-state index contributed by atoms with van der Waals surface area (Å²) in [6.07, 6.45) is 2.20. The first kappa shape index (κ1) is 11.9. The van der Waals surface area contributed by atoms with Crippen molar-refractivity contribution in [2.24, 2.45) is 5.73 Å². The topological polar surface area (TPSA) is 73.5 Å². The van der Waals surface area contributed by atoms with E-state index in [1.54, 1.807) is 20.3 Å². The minimum absolute atomic E-state index is 0.312. The van der Waals surface area contributed by atoms with Crippen molar-refractivity contribution in [3.63, 3.8) is 0 Å². The number of nitrogens with two attached hydrogens (primary N) is 1. The van der Waals surface area contributed by atoms with Crippen LogP contribution in [0.1, 0.15) is 12.8 Å². The van der Waals surface area contributed by atoms with Crippen LogP contribution in [0.15, 0.2) is 6.07 Å². The fourth-order valence-electron chi connectivity index (χ4n) is 2.07. The Bertz CT molecular complexity index is 363. The summed E-state index contributed by atoms with van der Waals surface area (Å²) in [6.45, 7) is 1.54. The van der Waals surface area contributed by atoms with Gasteiger partial charge in [-0.15, -0.1) is 0 Å². The lowest BCUT2D eigenvalue weighted by Gasteiger charge is -2.23. The molecule has 0 saturated carbocycles. The lowest BCUT2D eigenvalue weighted by molar-refractivity contribution is 0.371. The first-order valence-electron chi connectivity index (χ1n) is 5.72. The smallest absolute Gasteiger partial charge is 0.232 e. The Labute approximate surface area is 101 Å². The van der Waals surface area contributed by atoms with Crippen LogP contribution in [0.2, 0.25) is 0 Å². The van der Waals surface area contributed by atoms with Crippen molar-refractivity contribution in [2.75, 3.05) is 32.2 Å². The molecule has 2 rings (SSSR count). The van der Waals surface area contributed by atoms with E-state index < -0.39 is 0 Å². The molecule has 17 heavy (non-hydrogen) atoms. The van der Waals surface area contributed by atoms with Gasteiger partial charge in [0, 0.05) is 19.1 Å². The zero-order valence-corrected chi connectivity index (χ0v) is 10.2. The second-order valence-electron chi connectivity index (χ2n) is 3.98. The van der Waals surface area contributed by atoms with Crippen LogP contribution < -0.4 is 20.1 Å². The van der Waals surface area contributed by atoms with E-state index >= 15 is 0 Å². The van der Waals surface area contributed by atoms with Crippen molar-refractivity contribution in [2.45, 2.75) is 18.9 Å². The maximum atomic E-state index is 5.74. The summed E-state index contributed by atoms with van der Waals surface area (Å²) in [5.41, 5.74) is 5.74. The van der Waals surface area contributed by atoms with E-state index in [-0.39, 0.29) is 0 Å².